The zero-order valence-electron chi connectivity index (χ0n) is 12.8. The van der Waals surface area contributed by atoms with Gasteiger partial charge in [-0.25, -0.2) is 5.43 Å². The first kappa shape index (κ1) is 15.8. The molecule has 2 aromatic carbocycles. The summed E-state index contributed by atoms with van der Waals surface area (Å²) in [6.07, 6.45) is 3.67. The van der Waals surface area contributed by atoms with E-state index in [1.807, 2.05) is 30.3 Å². The summed E-state index contributed by atoms with van der Waals surface area (Å²) in [5, 5.41) is 13.7. The lowest BCUT2D eigenvalue weighted by Gasteiger charge is -2.08. The number of amides is 1. The molecule has 0 bridgehead atoms. The van der Waals surface area contributed by atoms with Crippen molar-refractivity contribution in [3.8, 4) is 11.5 Å². The first-order chi connectivity index (χ1) is 11.7. The van der Waals surface area contributed by atoms with Crippen LogP contribution in [-0.4, -0.2) is 24.0 Å². The number of hydrogen-bond donors (Lipinski definition) is 2. The van der Waals surface area contributed by atoms with Crippen molar-refractivity contribution in [1.29, 1.82) is 0 Å². The maximum atomic E-state index is 11.8. The Labute approximate surface area is 139 Å². The summed E-state index contributed by atoms with van der Waals surface area (Å²) in [6.45, 7) is 0.236. The van der Waals surface area contributed by atoms with Gasteiger partial charge in [0.15, 0.2) is 17.6 Å². The Balaban J connectivity index is 1.52. The maximum absolute atomic E-state index is 11.8. The molecule has 1 atom stereocenters. The lowest BCUT2D eigenvalue weighted by molar-refractivity contribution is -0.129. The van der Waals surface area contributed by atoms with Crippen molar-refractivity contribution < 1.29 is 19.4 Å². The van der Waals surface area contributed by atoms with Gasteiger partial charge < -0.3 is 14.6 Å². The number of carbonyl (C=O) groups excluding carboxylic acids is 1. The van der Waals surface area contributed by atoms with E-state index in [1.54, 1.807) is 30.3 Å². The molecule has 0 saturated carbocycles. The first-order valence-corrected chi connectivity index (χ1v) is 7.36. The molecular weight excluding hydrogens is 308 g/mol. The van der Waals surface area contributed by atoms with Gasteiger partial charge in [0.05, 0.1) is 0 Å². The number of hydrogen-bond acceptors (Lipinski definition) is 5. The Bertz CT molecular complexity index is 772. The lowest BCUT2D eigenvalue weighted by atomic mass is 10.1. The topological polar surface area (TPSA) is 80.2 Å². The van der Waals surface area contributed by atoms with Gasteiger partial charge in [-0.05, 0) is 29.3 Å². The van der Waals surface area contributed by atoms with Crippen LogP contribution in [0.5, 0.6) is 11.5 Å². The fourth-order valence-electron chi connectivity index (χ4n) is 2.16. The molecule has 0 aliphatic carbocycles. The standard InChI is InChI=1S/C18H16N2O4/c21-17(14-6-2-1-3-7-14)18(22)20-19-10-4-5-13-8-9-15-16(11-13)24-12-23-15/h1-11,17,21H,12H2,(H,20,22)/b5-4+,19-10+. The minimum atomic E-state index is -1.25. The SMILES string of the molecule is O=C(N/N=C/C=C/c1ccc2c(c1)OCO2)C(O)c1ccccc1. The predicted molar refractivity (Wildman–Crippen MR) is 89.6 cm³/mol. The second-order valence-electron chi connectivity index (χ2n) is 5.04. The van der Waals surface area contributed by atoms with Crippen LogP contribution < -0.4 is 14.9 Å². The Morgan fingerprint density at radius 1 is 1.17 bits per heavy atom. The first-order valence-electron chi connectivity index (χ1n) is 7.36. The van der Waals surface area contributed by atoms with Crippen molar-refractivity contribution in [3.63, 3.8) is 0 Å². The predicted octanol–water partition coefficient (Wildman–Crippen LogP) is 2.26. The minimum absolute atomic E-state index is 0.236. The maximum Gasteiger partial charge on any atom is 0.273 e. The van der Waals surface area contributed by atoms with E-state index in [1.165, 1.54) is 6.21 Å². The highest BCUT2D eigenvalue weighted by Crippen LogP contribution is 2.32. The average Bonchev–Trinajstić information content (AvgIpc) is 3.09. The van der Waals surface area contributed by atoms with Crippen molar-refractivity contribution in [3.05, 3.63) is 65.7 Å². The Morgan fingerprint density at radius 3 is 2.79 bits per heavy atom. The Hall–Kier alpha value is -3.12. The molecule has 6 nitrogen and oxygen atoms in total. The van der Waals surface area contributed by atoms with Crippen LogP contribution in [0.4, 0.5) is 0 Å². The minimum Gasteiger partial charge on any atom is -0.454 e. The molecule has 0 fully saturated rings. The molecule has 6 heteroatoms. The van der Waals surface area contributed by atoms with Gasteiger partial charge in [0.1, 0.15) is 0 Å². The lowest BCUT2D eigenvalue weighted by Crippen LogP contribution is -2.24. The van der Waals surface area contributed by atoms with E-state index in [0.717, 1.165) is 11.3 Å². The number of benzene rings is 2. The highest BCUT2D eigenvalue weighted by Gasteiger charge is 2.15. The van der Waals surface area contributed by atoms with Gasteiger partial charge in [-0.15, -0.1) is 0 Å². The Kier molecular flexibility index (Phi) is 4.88. The number of aliphatic hydroxyl groups is 1. The van der Waals surface area contributed by atoms with Crippen molar-refractivity contribution in [2.24, 2.45) is 5.10 Å². The van der Waals surface area contributed by atoms with Crippen LogP contribution in [0.2, 0.25) is 0 Å². The molecule has 1 unspecified atom stereocenters. The van der Waals surface area contributed by atoms with Gasteiger partial charge in [-0.2, -0.15) is 5.10 Å². The summed E-state index contributed by atoms with van der Waals surface area (Å²) in [7, 11) is 0. The van der Waals surface area contributed by atoms with Crippen LogP contribution in [0.25, 0.3) is 6.08 Å². The molecule has 2 aromatic rings. The zero-order chi connectivity index (χ0) is 16.8. The van der Waals surface area contributed by atoms with Crippen LogP contribution in [0.15, 0.2) is 59.7 Å². The van der Waals surface area contributed by atoms with Crippen molar-refractivity contribution in [1.82, 2.24) is 5.43 Å². The number of aliphatic hydroxyl groups excluding tert-OH is 1. The van der Waals surface area contributed by atoms with Gasteiger partial charge >= 0.3 is 0 Å². The molecule has 0 radical (unpaired) electrons. The van der Waals surface area contributed by atoms with Crippen LogP contribution in [0.3, 0.4) is 0 Å². The summed E-state index contributed by atoms with van der Waals surface area (Å²) >= 11 is 0. The van der Waals surface area contributed by atoms with Crippen LogP contribution in [0, 0.1) is 0 Å². The molecule has 1 aliphatic heterocycles. The van der Waals surface area contributed by atoms with E-state index in [9.17, 15) is 9.90 Å². The third kappa shape index (κ3) is 3.80. The number of nitrogens with zero attached hydrogens (tertiary/aromatic N) is 1. The van der Waals surface area contributed by atoms with Gasteiger partial charge in [-0.1, -0.05) is 42.5 Å². The summed E-state index contributed by atoms with van der Waals surface area (Å²) in [4.78, 5) is 11.8. The zero-order valence-corrected chi connectivity index (χ0v) is 12.8. The number of carbonyl (C=O) groups is 1. The molecule has 1 heterocycles. The largest absolute Gasteiger partial charge is 0.454 e. The number of fused-ring (bicyclic) bond motifs is 1. The monoisotopic (exact) mass is 324 g/mol. The molecule has 1 aliphatic rings. The second kappa shape index (κ2) is 7.43. The molecule has 122 valence electrons. The van der Waals surface area contributed by atoms with Crippen molar-refractivity contribution in [2.45, 2.75) is 6.10 Å². The highest BCUT2D eigenvalue weighted by molar-refractivity contribution is 5.84. The van der Waals surface area contributed by atoms with E-state index in [-0.39, 0.29) is 6.79 Å². The quantitative estimate of drug-likeness (QED) is 0.653. The van der Waals surface area contributed by atoms with Crippen LogP contribution in [0.1, 0.15) is 17.2 Å². The number of allylic oxidation sites excluding steroid dienone is 1. The molecule has 3 rings (SSSR count). The van der Waals surface area contributed by atoms with Crippen molar-refractivity contribution >= 4 is 18.2 Å². The third-order valence-electron chi connectivity index (χ3n) is 3.38. The molecule has 0 saturated heterocycles. The number of hydrazone groups is 1. The van der Waals surface area contributed by atoms with Crippen LogP contribution >= 0.6 is 0 Å². The molecule has 2 N–H and O–H groups in total. The van der Waals surface area contributed by atoms with E-state index in [4.69, 9.17) is 9.47 Å². The van der Waals surface area contributed by atoms with E-state index >= 15 is 0 Å². The van der Waals surface area contributed by atoms with E-state index < -0.39 is 12.0 Å². The summed E-state index contributed by atoms with van der Waals surface area (Å²) in [5.41, 5.74) is 3.73. The second-order valence-corrected chi connectivity index (χ2v) is 5.04. The summed E-state index contributed by atoms with van der Waals surface area (Å²) < 4.78 is 10.5. The summed E-state index contributed by atoms with van der Waals surface area (Å²) in [6, 6.07) is 14.2. The van der Waals surface area contributed by atoms with Crippen LogP contribution in [-0.2, 0) is 4.79 Å². The molecular formula is C18H16N2O4. The fourth-order valence-corrected chi connectivity index (χ4v) is 2.16. The highest BCUT2D eigenvalue weighted by atomic mass is 16.7. The van der Waals surface area contributed by atoms with Gasteiger partial charge in [0.25, 0.3) is 5.91 Å². The van der Waals surface area contributed by atoms with Gasteiger partial charge in [0.2, 0.25) is 6.79 Å². The van der Waals surface area contributed by atoms with Gasteiger partial charge in [-0.3, -0.25) is 4.79 Å². The number of nitrogens with one attached hydrogen (secondary N) is 1. The van der Waals surface area contributed by atoms with E-state index in [2.05, 4.69) is 10.5 Å². The third-order valence-corrected chi connectivity index (χ3v) is 3.38. The fraction of sp³-hybridized carbons (Fsp3) is 0.111. The number of rotatable bonds is 5. The Morgan fingerprint density at radius 2 is 1.96 bits per heavy atom. The number of ether oxygens (including phenoxy) is 2. The summed E-state index contributed by atoms with van der Waals surface area (Å²) in [5.74, 6) is 0.838. The van der Waals surface area contributed by atoms with Gasteiger partial charge in [0, 0.05) is 6.21 Å². The average molecular weight is 324 g/mol. The molecule has 0 spiro atoms. The molecule has 1 amide bonds. The van der Waals surface area contributed by atoms with E-state index in [0.29, 0.717) is 11.3 Å². The molecule has 0 aromatic heterocycles. The smallest absolute Gasteiger partial charge is 0.273 e. The van der Waals surface area contributed by atoms with Crippen molar-refractivity contribution in [2.75, 3.05) is 6.79 Å². The molecule has 24 heavy (non-hydrogen) atoms. The normalized spacial score (nSPS) is 14.2.